The van der Waals surface area contributed by atoms with Crippen LogP contribution in [0.3, 0.4) is 0 Å². The maximum absolute atomic E-state index is 12.3. The fourth-order valence-electron chi connectivity index (χ4n) is 3.42. The van der Waals surface area contributed by atoms with Gasteiger partial charge in [-0.15, -0.1) is 0 Å². The average molecular weight is 362 g/mol. The van der Waals surface area contributed by atoms with Crippen LogP contribution in [0.25, 0.3) is 21.8 Å². The topological polar surface area (TPSA) is 59.9 Å². The molecule has 2 aromatic heterocycles. The van der Waals surface area contributed by atoms with Crippen LogP contribution < -0.4 is 10.3 Å². The van der Waals surface area contributed by atoms with Gasteiger partial charge in [0.15, 0.2) is 0 Å². The Morgan fingerprint density at radius 3 is 2.82 bits per heavy atom. The lowest BCUT2D eigenvalue weighted by molar-refractivity contribution is 0.412. The minimum Gasteiger partial charge on any atom is -0.495 e. The van der Waals surface area contributed by atoms with Crippen LogP contribution in [0, 0.1) is 0 Å². The third-order valence-corrected chi connectivity index (χ3v) is 5.13. The molecule has 1 fully saturated rings. The molecule has 0 spiro atoms. The van der Waals surface area contributed by atoms with Crippen molar-refractivity contribution in [3.63, 3.8) is 0 Å². The van der Waals surface area contributed by atoms with E-state index in [-0.39, 0.29) is 5.56 Å². The first-order valence-electron chi connectivity index (χ1n) is 7.46. The number of aromatic nitrogens is 3. The van der Waals surface area contributed by atoms with Gasteiger partial charge in [0, 0.05) is 11.5 Å². The van der Waals surface area contributed by atoms with E-state index in [1.54, 1.807) is 13.3 Å². The number of hydrogen-bond acceptors (Lipinski definition) is 3. The number of nitrogens with zero attached hydrogens (tertiary/aromatic N) is 2. The van der Waals surface area contributed by atoms with Gasteiger partial charge in [0.25, 0.3) is 5.56 Å². The standard InChI is InChI=1S/C16H16BrN3O2/c1-22-14-7-13-10(6-12(14)17)15-11(16(21)19-13)8-18-20(15)9-4-2-3-5-9/h6-9H,2-5H2,1H3,(H,19,21). The van der Waals surface area contributed by atoms with Crippen LogP contribution in [0.5, 0.6) is 5.75 Å². The van der Waals surface area contributed by atoms with Gasteiger partial charge in [0.1, 0.15) is 5.75 Å². The molecular weight excluding hydrogens is 346 g/mol. The van der Waals surface area contributed by atoms with E-state index < -0.39 is 0 Å². The number of nitrogens with one attached hydrogen (secondary N) is 1. The molecule has 2 heterocycles. The fraction of sp³-hybridized carbons (Fsp3) is 0.375. The predicted octanol–water partition coefficient (Wildman–Crippen LogP) is 3.76. The third-order valence-electron chi connectivity index (χ3n) is 4.51. The summed E-state index contributed by atoms with van der Waals surface area (Å²) < 4.78 is 8.24. The number of pyridine rings is 1. The summed E-state index contributed by atoms with van der Waals surface area (Å²) in [6, 6.07) is 4.25. The van der Waals surface area contributed by atoms with Gasteiger partial charge in [-0.1, -0.05) is 12.8 Å². The SMILES string of the molecule is COc1cc2[nH]c(=O)c3cnn(C4CCCC4)c3c2cc1Br. The van der Waals surface area contributed by atoms with Crippen LogP contribution in [0.1, 0.15) is 31.7 Å². The lowest BCUT2D eigenvalue weighted by Gasteiger charge is -2.13. The molecule has 5 nitrogen and oxygen atoms in total. The van der Waals surface area contributed by atoms with E-state index in [4.69, 9.17) is 4.74 Å². The van der Waals surface area contributed by atoms with Crippen molar-refractivity contribution < 1.29 is 4.74 Å². The minimum atomic E-state index is -0.101. The number of fused-ring (bicyclic) bond motifs is 3. The van der Waals surface area contributed by atoms with Gasteiger partial charge in [-0.2, -0.15) is 5.10 Å². The van der Waals surface area contributed by atoms with Gasteiger partial charge < -0.3 is 9.72 Å². The van der Waals surface area contributed by atoms with E-state index in [0.29, 0.717) is 17.2 Å². The van der Waals surface area contributed by atoms with Gasteiger partial charge in [-0.3, -0.25) is 9.48 Å². The number of ether oxygens (including phenoxy) is 1. The van der Waals surface area contributed by atoms with Gasteiger partial charge in [0.2, 0.25) is 0 Å². The zero-order chi connectivity index (χ0) is 15.3. The maximum atomic E-state index is 12.3. The van der Waals surface area contributed by atoms with Crippen molar-refractivity contribution in [2.45, 2.75) is 31.7 Å². The van der Waals surface area contributed by atoms with Crippen LogP contribution in [0.15, 0.2) is 27.6 Å². The normalized spacial score (nSPS) is 15.9. The summed E-state index contributed by atoms with van der Waals surface area (Å²) in [7, 11) is 1.62. The molecule has 1 saturated carbocycles. The van der Waals surface area contributed by atoms with E-state index in [0.717, 1.165) is 33.7 Å². The van der Waals surface area contributed by atoms with Gasteiger partial charge in [-0.25, -0.2) is 0 Å². The number of aromatic amines is 1. The number of halogens is 1. The van der Waals surface area contributed by atoms with Crippen LogP contribution in [-0.2, 0) is 0 Å². The van der Waals surface area contributed by atoms with Crippen molar-refractivity contribution in [2.24, 2.45) is 0 Å². The molecule has 0 radical (unpaired) electrons. The number of H-pyrrole nitrogens is 1. The Morgan fingerprint density at radius 2 is 2.09 bits per heavy atom. The molecule has 0 amide bonds. The van der Waals surface area contributed by atoms with Crippen molar-refractivity contribution in [1.82, 2.24) is 14.8 Å². The molecule has 4 rings (SSSR count). The first kappa shape index (κ1) is 13.8. The maximum Gasteiger partial charge on any atom is 0.259 e. The monoisotopic (exact) mass is 361 g/mol. The Balaban J connectivity index is 2.09. The van der Waals surface area contributed by atoms with Crippen molar-refractivity contribution in [2.75, 3.05) is 7.11 Å². The Hall–Kier alpha value is -1.82. The predicted molar refractivity (Wildman–Crippen MR) is 89.6 cm³/mol. The number of benzene rings is 1. The first-order valence-corrected chi connectivity index (χ1v) is 8.25. The molecule has 1 aromatic carbocycles. The molecule has 0 saturated heterocycles. The van der Waals surface area contributed by atoms with E-state index in [1.807, 2.05) is 16.8 Å². The summed E-state index contributed by atoms with van der Waals surface area (Å²) >= 11 is 3.53. The summed E-state index contributed by atoms with van der Waals surface area (Å²) in [6.45, 7) is 0. The van der Waals surface area contributed by atoms with Crippen LogP contribution in [-0.4, -0.2) is 21.9 Å². The quantitative estimate of drug-likeness (QED) is 0.755. The molecule has 6 heteroatoms. The van der Waals surface area contributed by atoms with Crippen LogP contribution in [0.4, 0.5) is 0 Å². The highest BCUT2D eigenvalue weighted by molar-refractivity contribution is 9.10. The Morgan fingerprint density at radius 1 is 1.32 bits per heavy atom. The average Bonchev–Trinajstić information content (AvgIpc) is 3.16. The molecule has 1 aliphatic carbocycles. The molecule has 1 aliphatic rings. The first-order chi connectivity index (χ1) is 10.7. The van der Waals surface area contributed by atoms with E-state index in [2.05, 4.69) is 26.0 Å². The summed E-state index contributed by atoms with van der Waals surface area (Å²) in [5.41, 5.74) is 1.60. The van der Waals surface area contributed by atoms with Crippen molar-refractivity contribution in [3.05, 3.63) is 33.2 Å². The van der Waals surface area contributed by atoms with Gasteiger partial charge >= 0.3 is 0 Å². The molecule has 22 heavy (non-hydrogen) atoms. The Kier molecular flexibility index (Phi) is 3.22. The summed E-state index contributed by atoms with van der Waals surface area (Å²) in [4.78, 5) is 15.3. The third kappa shape index (κ3) is 1.97. The Bertz CT molecular complexity index is 922. The summed E-state index contributed by atoms with van der Waals surface area (Å²) in [5.74, 6) is 0.703. The van der Waals surface area contributed by atoms with Crippen LogP contribution >= 0.6 is 15.9 Å². The summed E-state index contributed by atoms with van der Waals surface area (Å²) in [6.07, 6.45) is 6.39. The van der Waals surface area contributed by atoms with Crippen molar-refractivity contribution >= 4 is 37.7 Å². The van der Waals surface area contributed by atoms with E-state index in [9.17, 15) is 4.79 Å². The zero-order valence-electron chi connectivity index (χ0n) is 12.2. The number of methoxy groups -OCH3 is 1. The zero-order valence-corrected chi connectivity index (χ0v) is 13.8. The number of hydrogen-bond donors (Lipinski definition) is 1. The highest BCUT2D eigenvalue weighted by atomic mass is 79.9. The molecule has 1 N–H and O–H groups in total. The molecule has 3 aromatic rings. The Labute approximate surface area is 135 Å². The molecule has 0 atom stereocenters. The number of rotatable bonds is 2. The molecule has 0 unspecified atom stereocenters. The second kappa shape index (κ2) is 5.12. The van der Waals surface area contributed by atoms with Crippen molar-refractivity contribution in [3.8, 4) is 5.75 Å². The van der Waals surface area contributed by atoms with Crippen molar-refractivity contribution in [1.29, 1.82) is 0 Å². The lowest BCUT2D eigenvalue weighted by Crippen LogP contribution is -2.10. The molecule has 114 valence electrons. The minimum absolute atomic E-state index is 0.101. The molecule has 0 aliphatic heterocycles. The lowest BCUT2D eigenvalue weighted by atomic mass is 10.1. The molecule has 0 bridgehead atoms. The largest absolute Gasteiger partial charge is 0.495 e. The smallest absolute Gasteiger partial charge is 0.259 e. The molecular formula is C16H16BrN3O2. The second-order valence-electron chi connectivity index (χ2n) is 5.78. The highest BCUT2D eigenvalue weighted by Crippen LogP contribution is 2.35. The highest BCUT2D eigenvalue weighted by Gasteiger charge is 2.22. The van der Waals surface area contributed by atoms with E-state index >= 15 is 0 Å². The summed E-state index contributed by atoms with van der Waals surface area (Å²) in [5, 5.41) is 6.15. The second-order valence-corrected chi connectivity index (χ2v) is 6.63. The van der Waals surface area contributed by atoms with Gasteiger partial charge in [-0.05, 0) is 34.8 Å². The van der Waals surface area contributed by atoms with Gasteiger partial charge in [0.05, 0.1) is 40.2 Å². The van der Waals surface area contributed by atoms with E-state index in [1.165, 1.54) is 12.8 Å². The van der Waals surface area contributed by atoms with Crippen LogP contribution in [0.2, 0.25) is 0 Å². The fourth-order valence-corrected chi connectivity index (χ4v) is 3.93.